The maximum Gasteiger partial charge on any atom is 0.123 e. The molecule has 0 saturated heterocycles. The fourth-order valence-corrected chi connectivity index (χ4v) is 28.7. The van der Waals surface area contributed by atoms with E-state index in [1.165, 1.54) is 96.3 Å². The molecule has 18 aromatic carbocycles. The van der Waals surface area contributed by atoms with Crippen LogP contribution in [-0.4, -0.2) is 66.9 Å². The molecular weight excluding hydrogens is 2250 g/mol. The molecule has 10 nitrogen and oxygen atoms in total. The summed E-state index contributed by atoms with van der Waals surface area (Å²) in [5, 5.41) is 69.4. The minimum Gasteiger partial charge on any atom is -0.245 e. The van der Waals surface area contributed by atoms with Crippen molar-refractivity contribution in [1.29, 1.82) is 0 Å². The minimum atomic E-state index is -1.49. The summed E-state index contributed by atoms with van der Waals surface area (Å²) in [7, 11) is -0.434. The number of benzene rings is 18. The minimum absolute atomic E-state index is 0. The average Bonchev–Trinajstić information content (AvgIpc) is 1.60. The molecule has 0 aliphatic heterocycles. The number of hydrogen-bond donors (Lipinski definition) is 5. The van der Waals surface area contributed by atoms with E-state index in [0.717, 1.165) is 53.4 Å². The second kappa shape index (κ2) is 58.3. The van der Waals surface area contributed by atoms with E-state index in [2.05, 4.69) is 534 Å². The molecule has 0 aliphatic carbocycles. The van der Waals surface area contributed by atoms with Gasteiger partial charge in [0.1, 0.15) is 20.0 Å². The Hall–Kier alpha value is -11.1. The van der Waals surface area contributed by atoms with Gasteiger partial charge in [0.2, 0.25) is 0 Å². The van der Waals surface area contributed by atoms with Crippen LogP contribution in [0.3, 0.4) is 0 Å². The van der Waals surface area contributed by atoms with Gasteiger partial charge in [0.15, 0.2) is 3.92 Å². The van der Waals surface area contributed by atoms with Gasteiger partial charge in [-0.05, 0) is 211 Å². The van der Waals surface area contributed by atoms with Gasteiger partial charge in [-0.15, -0.1) is 56.7 Å². The van der Waals surface area contributed by atoms with E-state index in [9.17, 15) is 0 Å². The van der Waals surface area contributed by atoms with Crippen molar-refractivity contribution in [2.75, 3.05) is 0 Å². The van der Waals surface area contributed by atoms with Crippen molar-refractivity contribution in [1.82, 2.24) is 24.9 Å². The third-order valence-corrected chi connectivity index (χ3v) is 37.3. The molecule has 0 amide bonds. The normalized spacial score (nSPS) is 10.4. The molecular formula is C117H91B3Br3N6O4P4PdS6. The van der Waals surface area contributed by atoms with Gasteiger partial charge in [-0.3, -0.25) is 0 Å². The van der Waals surface area contributed by atoms with Gasteiger partial charge in [0.25, 0.3) is 0 Å². The molecule has 4 N–H and O–H groups in total. The van der Waals surface area contributed by atoms with Gasteiger partial charge >= 0.3 is 39.0 Å². The Morgan fingerprint density at radius 2 is 0.431 bits per heavy atom. The van der Waals surface area contributed by atoms with Crippen molar-refractivity contribution in [2.24, 2.45) is 4.30 Å². The zero-order valence-corrected chi connectivity index (χ0v) is 92.0. The maximum absolute atomic E-state index is 9.00. The van der Waals surface area contributed by atoms with E-state index in [-0.39, 0.29) is 20.4 Å². The summed E-state index contributed by atoms with van der Waals surface area (Å²) in [5.74, 6) is 0. The third-order valence-electron chi connectivity index (χ3n) is 21.5. The monoisotopic (exact) mass is 2340 g/mol. The molecule has 0 bridgehead atoms. The zero-order valence-electron chi connectivity index (χ0n) is 77.1. The summed E-state index contributed by atoms with van der Waals surface area (Å²) in [6.07, 6.45) is 9.13. The van der Waals surface area contributed by atoms with E-state index in [4.69, 9.17) is 20.1 Å². The van der Waals surface area contributed by atoms with Crippen LogP contribution < -0.4 is 74.6 Å². The molecule has 0 fully saturated rings. The van der Waals surface area contributed by atoms with Crippen LogP contribution in [0.1, 0.15) is 0 Å². The molecule has 23 aromatic rings. The van der Waals surface area contributed by atoms with Gasteiger partial charge in [0, 0.05) is 77.4 Å². The Kier molecular flexibility index (Phi) is 44.0. The summed E-state index contributed by atoms with van der Waals surface area (Å²) in [4.78, 5) is 21.4. The van der Waals surface area contributed by atoms with Crippen LogP contribution in [0.4, 0.5) is 0 Å². The Morgan fingerprint density at radius 3 is 0.590 bits per heavy atom. The van der Waals surface area contributed by atoms with Crippen LogP contribution in [0.15, 0.2) is 536 Å². The first-order chi connectivity index (χ1) is 70.3. The number of aromatic nitrogens is 5. The molecule has 23 rings (SSSR count). The fourth-order valence-electron chi connectivity index (χ4n) is 15.1. The van der Waals surface area contributed by atoms with Crippen LogP contribution in [-0.2, 0) is 20.4 Å². The van der Waals surface area contributed by atoms with E-state index in [0.29, 0.717) is 10.9 Å². The van der Waals surface area contributed by atoms with Crippen molar-refractivity contribution >= 4 is 278 Å². The van der Waals surface area contributed by atoms with E-state index < -0.39 is 45.9 Å². The van der Waals surface area contributed by atoms with Crippen molar-refractivity contribution in [3.8, 4) is 42.3 Å². The topological polar surface area (TPSA) is 158 Å². The van der Waals surface area contributed by atoms with Crippen LogP contribution in [0, 0.1) is 0 Å². The van der Waals surface area contributed by atoms with Crippen molar-refractivity contribution < 1.29 is 40.5 Å². The Balaban J connectivity index is 0.000000131. The first-order valence-corrected chi connectivity index (χ1v) is 57.5. The van der Waals surface area contributed by atoms with Gasteiger partial charge in [-0.1, -0.05) is 449 Å². The number of thiazole rings is 5. The predicted molar refractivity (Wildman–Crippen MR) is 639 cm³/mol. The Bertz CT molecular complexity index is 6650. The molecule has 27 heteroatoms. The number of rotatable bonds is 18. The molecule has 0 saturated carbocycles. The van der Waals surface area contributed by atoms with Crippen LogP contribution in [0.25, 0.3) is 74.6 Å². The number of nitrogens with zero attached hydrogens (tertiary/aromatic N) is 6. The smallest absolute Gasteiger partial charge is 0.123 e. The van der Waals surface area contributed by atoms with Crippen molar-refractivity contribution in [3.05, 3.63) is 532 Å². The van der Waals surface area contributed by atoms with Gasteiger partial charge in [0.05, 0.1) is 20.0 Å². The Morgan fingerprint density at radius 1 is 0.243 bits per heavy atom. The number of hydrogen-bond acceptors (Lipinski definition) is 16. The van der Waals surface area contributed by atoms with Gasteiger partial charge in [-0.25, -0.2) is 24.9 Å². The molecule has 0 atom stereocenters. The van der Waals surface area contributed by atoms with Crippen LogP contribution >= 0.6 is 149 Å². The molecule has 0 unspecified atom stereocenters. The molecule has 0 aliphatic rings. The van der Waals surface area contributed by atoms with Gasteiger partial charge < -0.3 is 20.1 Å². The zero-order chi connectivity index (χ0) is 99.0. The second-order valence-electron chi connectivity index (χ2n) is 31.0. The summed E-state index contributed by atoms with van der Waals surface area (Å²) in [6.45, 7) is 0. The maximum atomic E-state index is 9.00. The predicted octanol–water partition coefficient (Wildman–Crippen LogP) is 25.8. The first kappa shape index (κ1) is 109. The Labute approximate surface area is 912 Å². The van der Waals surface area contributed by atoms with E-state index >= 15 is 0 Å². The largest absolute Gasteiger partial charge is 0.245 e. The summed E-state index contributed by atoms with van der Waals surface area (Å²) >= 11 is 21.5. The van der Waals surface area contributed by atoms with Gasteiger partial charge in [-0.2, -0.15) is 0 Å². The molecule has 5 aromatic heterocycles. The standard InChI is InChI=1S/4C18H15P.C16H8Br2N2S2.C16H10N2S2.C10H10B2O4.C3H2BrNS.BHNS.Pd/c4*1-4-10-16(11-5-1)19(17-12-6-2-7-13-17)18-14-8-3-9-15-18;17-13-7-19-15(21-13)11-3-1-9-5-12(4-2-10(9)6-11)16-20-8-14(18)22-16;1-3-13(15-17-5-7-19-15)10-12-2-4-14(9-11(1)12)16-18-6-8-20-16;13-11(14)9-3-1-7-5-10(12(15)16)4-2-8(7)6-9;4-3-5-1-2-6-3;1-2-3;/h4*1-15H;1-8H;1-10H;1-6,13-16H;1-2H;3H;. The first-order valence-electron chi connectivity index (χ1n) is 45.0. The van der Waals surface area contributed by atoms with E-state index in [1.807, 2.05) is 40.9 Å². The molecule has 144 heavy (non-hydrogen) atoms. The summed E-state index contributed by atoms with van der Waals surface area (Å²) < 4.78 is 5.74. The quantitative estimate of drug-likeness (QED) is 0.0320. The summed E-state index contributed by atoms with van der Waals surface area (Å²) in [6, 6.07) is 165. The summed E-state index contributed by atoms with van der Waals surface area (Å²) in [5.41, 5.74) is 5.46. The fraction of sp³-hybridized carbons (Fsp3) is 0. The molecule has 1 radical (unpaired) electrons. The van der Waals surface area contributed by atoms with Crippen LogP contribution in [0.2, 0.25) is 0 Å². The van der Waals surface area contributed by atoms with Crippen molar-refractivity contribution in [2.45, 2.75) is 0 Å². The second-order valence-corrected chi connectivity index (χ2v) is 48.9. The average molecular weight is 2340 g/mol. The van der Waals surface area contributed by atoms with Crippen molar-refractivity contribution in [3.63, 3.8) is 0 Å². The molecule has 5 heterocycles. The number of thiol groups is 1. The van der Waals surface area contributed by atoms with E-state index in [1.54, 1.807) is 99.3 Å². The van der Waals surface area contributed by atoms with Crippen LogP contribution in [0.5, 0.6) is 0 Å². The number of fused-ring (bicyclic) bond motifs is 3. The number of halogens is 3. The SMILES string of the molecule is Brc1cnc(-c2ccc3cc(-c4ncc(Br)s4)ccc3c2)s1.Brc1nccs1.OB(O)c1ccc2cc(B(O)O)ccc2c1.[B]=NS.[Pd].c1ccc(P(c2ccccc2)c2ccccc2)cc1.c1ccc(P(c2ccccc2)c2ccccc2)cc1.c1ccc(P(c2ccccc2)c2ccccc2)cc1.c1ccc(P(c2ccccc2)c2ccccc2)cc1.c1csc(-c2ccc3cc(-c4nccs4)ccc3c2)n1. The molecule has 0 spiro atoms. The molecule has 709 valence electrons. The third kappa shape index (κ3) is 32.2.